The van der Waals surface area contributed by atoms with Crippen LogP contribution in [0.25, 0.3) is 0 Å². The first kappa shape index (κ1) is 9.97. The van der Waals surface area contributed by atoms with Crippen molar-refractivity contribution in [3.8, 4) is 0 Å². The van der Waals surface area contributed by atoms with Gasteiger partial charge in [-0.05, 0) is 26.0 Å². The van der Waals surface area contributed by atoms with Gasteiger partial charge >= 0.3 is 0 Å². The molecule has 2 aromatic heterocycles. The topological polar surface area (TPSA) is 77.0 Å². The highest BCUT2D eigenvalue weighted by Crippen LogP contribution is 2.22. The van der Waals surface area contributed by atoms with E-state index in [2.05, 4.69) is 14.7 Å². The zero-order valence-corrected chi connectivity index (χ0v) is 9.34. The molecule has 0 amide bonds. The molecule has 0 radical (unpaired) electrons. The molecular formula is C9H12N4OS. The van der Waals surface area contributed by atoms with Crippen molar-refractivity contribution in [2.75, 3.05) is 11.1 Å². The molecule has 3 N–H and O–H groups in total. The first-order valence-electron chi connectivity index (χ1n) is 4.57. The van der Waals surface area contributed by atoms with Gasteiger partial charge in [0.1, 0.15) is 11.5 Å². The van der Waals surface area contributed by atoms with Crippen LogP contribution in [-0.2, 0) is 0 Å². The standard InChI is InChI=1S/C9H12N4OS/c1-5-3-4-7(14-5)6(2)11-9-12-8(10)13-15-9/h3-4,6H,1-2H3,(H3,10,11,12,13). The van der Waals surface area contributed by atoms with Crippen molar-refractivity contribution in [3.63, 3.8) is 0 Å². The summed E-state index contributed by atoms with van der Waals surface area (Å²) < 4.78 is 9.37. The molecule has 0 aromatic carbocycles. The molecule has 1 atom stereocenters. The van der Waals surface area contributed by atoms with Gasteiger partial charge in [0.05, 0.1) is 6.04 Å². The number of furan rings is 1. The second-order valence-electron chi connectivity index (χ2n) is 3.27. The predicted molar refractivity (Wildman–Crippen MR) is 59.8 cm³/mol. The number of hydrogen-bond acceptors (Lipinski definition) is 6. The number of nitrogens with two attached hydrogens (primary N) is 1. The molecule has 2 heterocycles. The van der Waals surface area contributed by atoms with E-state index < -0.39 is 0 Å². The second kappa shape index (κ2) is 3.90. The van der Waals surface area contributed by atoms with Crippen LogP contribution in [0.2, 0.25) is 0 Å². The SMILES string of the molecule is Cc1ccc(C(C)Nc2nc(N)ns2)o1. The molecule has 0 aliphatic carbocycles. The number of aromatic nitrogens is 2. The number of hydrogen-bond donors (Lipinski definition) is 2. The van der Waals surface area contributed by atoms with Gasteiger partial charge in [-0.1, -0.05) is 0 Å². The van der Waals surface area contributed by atoms with Gasteiger partial charge in [-0.3, -0.25) is 0 Å². The number of aryl methyl sites for hydroxylation is 1. The molecule has 6 heteroatoms. The summed E-state index contributed by atoms with van der Waals surface area (Å²) in [7, 11) is 0. The lowest BCUT2D eigenvalue weighted by molar-refractivity contribution is 0.467. The van der Waals surface area contributed by atoms with Crippen molar-refractivity contribution in [2.45, 2.75) is 19.9 Å². The lowest BCUT2D eigenvalue weighted by Gasteiger charge is -2.08. The van der Waals surface area contributed by atoms with Crippen LogP contribution in [0.3, 0.4) is 0 Å². The third kappa shape index (κ3) is 2.27. The molecule has 0 aliphatic heterocycles. The average Bonchev–Trinajstić information content (AvgIpc) is 2.75. The molecule has 0 aliphatic rings. The monoisotopic (exact) mass is 224 g/mol. The molecule has 0 spiro atoms. The van der Waals surface area contributed by atoms with Crippen molar-refractivity contribution in [1.29, 1.82) is 0 Å². The summed E-state index contributed by atoms with van der Waals surface area (Å²) in [5.74, 6) is 2.07. The largest absolute Gasteiger partial charge is 0.464 e. The van der Waals surface area contributed by atoms with Crippen LogP contribution in [0.5, 0.6) is 0 Å². The normalized spacial score (nSPS) is 12.7. The highest BCUT2D eigenvalue weighted by Gasteiger charge is 2.11. The van der Waals surface area contributed by atoms with Crippen molar-refractivity contribution in [2.24, 2.45) is 0 Å². The zero-order valence-electron chi connectivity index (χ0n) is 8.52. The summed E-state index contributed by atoms with van der Waals surface area (Å²) in [5.41, 5.74) is 5.42. The maximum absolute atomic E-state index is 5.49. The summed E-state index contributed by atoms with van der Waals surface area (Å²) in [6.45, 7) is 3.91. The van der Waals surface area contributed by atoms with E-state index in [0.717, 1.165) is 11.5 Å². The maximum atomic E-state index is 5.49. The van der Waals surface area contributed by atoms with E-state index in [4.69, 9.17) is 10.2 Å². The minimum atomic E-state index is 0.0612. The Hall–Kier alpha value is -1.56. The number of nitrogens with zero attached hydrogens (tertiary/aromatic N) is 2. The molecule has 2 aromatic rings. The lowest BCUT2D eigenvalue weighted by atomic mass is 10.2. The third-order valence-electron chi connectivity index (χ3n) is 1.97. The predicted octanol–water partition coefficient (Wildman–Crippen LogP) is 2.19. The van der Waals surface area contributed by atoms with Crippen molar-refractivity contribution < 1.29 is 4.42 Å². The van der Waals surface area contributed by atoms with Gasteiger partial charge in [-0.15, -0.1) is 0 Å². The van der Waals surface area contributed by atoms with Crippen LogP contribution in [-0.4, -0.2) is 9.36 Å². The van der Waals surface area contributed by atoms with Crippen molar-refractivity contribution in [1.82, 2.24) is 9.36 Å². The van der Waals surface area contributed by atoms with Gasteiger partial charge in [-0.25, -0.2) is 0 Å². The minimum absolute atomic E-state index is 0.0612. The summed E-state index contributed by atoms with van der Waals surface area (Å²) >= 11 is 1.24. The highest BCUT2D eigenvalue weighted by atomic mass is 32.1. The molecule has 15 heavy (non-hydrogen) atoms. The Morgan fingerprint density at radius 3 is 2.87 bits per heavy atom. The van der Waals surface area contributed by atoms with E-state index in [1.54, 1.807) is 0 Å². The molecule has 1 unspecified atom stereocenters. The Balaban J connectivity index is 2.06. The Morgan fingerprint density at radius 2 is 2.33 bits per heavy atom. The molecule has 5 nitrogen and oxygen atoms in total. The third-order valence-corrected chi connectivity index (χ3v) is 2.63. The Morgan fingerprint density at radius 1 is 1.53 bits per heavy atom. The molecule has 2 rings (SSSR count). The van der Waals surface area contributed by atoms with Crippen molar-refractivity contribution in [3.05, 3.63) is 23.7 Å². The lowest BCUT2D eigenvalue weighted by Crippen LogP contribution is -2.05. The highest BCUT2D eigenvalue weighted by molar-refractivity contribution is 7.09. The van der Waals surface area contributed by atoms with E-state index in [0.29, 0.717) is 11.1 Å². The Bertz CT molecular complexity index is 450. The van der Waals surface area contributed by atoms with Crippen LogP contribution in [0.4, 0.5) is 11.1 Å². The summed E-state index contributed by atoms with van der Waals surface area (Å²) in [6, 6.07) is 3.94. The quantitative estimate of drug-likeness (QED) is 0.835. The number of nitrogens with one attached hydrogen (secondary N) is 1. The van der Waals surface area contributed by atoms with Gasteiger partial charge in [0, 0.05) is 11.5 Å². The fourth-order valence-corrected chi connectivity index (χ4v) is 1.82. The molecule has 80 valence electrons. The van der Waals surface area contributed by atoms with Gasteiger partial charge in [0.2, 0.25) is 11.1 Å². The summed E-state index contributed by atoms with van der Waals surface area (Å²) in [5, 5.41) is 3.87. The number of rotatable bonds is 3. The van der Waals surface area contributed by atoms with E-state index in [-0.39, 0.29) is 6.04 Å². The smallest absolute Gasteiger partial charge is 0.233 e. The van der Waals surface area contributed by atoms with Crippen LogP contribution in [0, 0.1) is 6.92 Å². The first-order chi connectivity index (χ1) is 7.15. The average molecular weight is 224 g/mol. The number of nitrogen functional groups attached to an aromatic ring is 1. The minimum Gasteiger partial charge on any atom is -0.464 e. The Labute approximate surface area is 91.5 Å². The van der Waals surface area contributed by atoms with Gasteiger partial charge in [-0.2, -0.15) is 9.36 Å². The summed E-state index contributed by atoms with van der Waals surface area (Å²) in [4.78, 5) is 4.02. The molecule has 0 bridgehead atoms. The van der Waals surface area contributed by atoms with E-state index in [1.165, 1.54) is 11.5 Å². The second-order valence-corrected chi connectivity index (χ2v) is 4.02. The van der Waals surface area contributed by atoms with Crippen molar-refractivity contribution >= 4 is 22.6 Å². The first-order valence-corrected chi connectivity index (χ1v) is 5.34. The number of anilines is 2. The zero-order chi connectivity index (χ0) is 10.8. The van der Waals surface area contributed by atoms with Gasteiger partial charge in [0.15, 0.2) is 0 Å². The molecule has 0 saturated carbocycles. The van der Waals surface area contributed by atoms with Crippen LogP contribution >= 0.6 is 11.5 Å². The van der Waals surface area contributed by atoms with Gasteiger partial charge in [0.25, 0.3) is 0 Å². The summed E-state index contributed by atoms with van der Waals surface area (Å²) in [6.07, 6.45) is 0. The molecular weight excluding hydrogens is 212 g/mol. The van der Waals surface area contributed by atoms with Crippen LogP contribution in [0.15, 0.2) is 16.5 Å². The van der Waals surface area contributed by atoms with Crippen LogP contribution in [0.1, 0.15) is 24.5 Å². The van der Waals surface area contributed by atoms with E-state index >= 15 is 0 Å². The molecule has 0 saturated heterocycles. The fraction of sp³-hybridized carbons (Fsp3) is 0.333. The van der Waals surface area contributed by atoms with E-state index in [9.17, 15) is 0 Å². The van der Waals surface area contributed by atoms with Gasteiger partial charge < -0.3 is 15.5 Å². The van der Waals surface area contributed by atoms with Crippen LogP contribution < -0.4 is 11.1 Å². The maximum Gasteiger partial charge on any atom is 0.233 e. The Kier molecular flexibility index (Phi) is 2.59. The fourth-order valence-electron chi connectivity index (χ4n) is 1.24. The molecule has 0 fully saturated rings. The van der Waals surface area contributed by atoms with E-state index in [1.807, 2.05) is 26.0 Å².